The van der Waals surface area contributed by atoms with E-state index >= 15 is 0 Å². The first-order chi connectivity index (χ1) is 7.93. The molecule has 1 atom stereocenters. The lowest BCUT2D eigenvalue weighted by atomic mass is 10.3. The lowest BCUT2D eigenvalue weighted by molar-refractivity contribution is 0.0659. The standard InChI is InChI=1S/C10H11N3O2S.ClH/c1-2-8(16-5-1)9-12-10(15-13-9)7-6-14-4-3-11-7;/h1-2,5,7,11H,3-4,6H2;1H. The zero-order chi connectivity index (χ0) is 10.8. The summed E-state index contributed by atoms with van der Waals surface area (Å²) < 4.78 is 10.6. The third-order valence-corrected chi connectivity index (χ3v) is 3.27. The second-order valence-corrected chi connectivity index (χ2v) is 4.46. The van der Waals surface area contributed by atoms with Crippen LogP contribution in [0.4, 0.5) is 0 Å². The van der Waals surface area contributed by atoms with Gasteiger partial charge in [-0.25, -0.2) is 0 Å². The summed E-state index contributed by atoms with van der Waals surface area (Å²) in [6, 6.07) is 3.97. The molecule has 0 aromatic carbocycles. The molecule has 0 radical (unpaired) electrons. The van der Waals surface area contributed by atoms with Crippen LogP contribution in [-0.2, 0) is 4.74 Å². The minimum absolute atomic E-state index is 0. The van der Waals surface area contributed by atoms with E-state index in [0.717, 1.165) is 18.0 Å². The van der Waals surface area contributed by atoms with Crippen LogP contribution in [0.25, 0.3) is 10.7 Å². The highest BCUT2D eigenvalue weighted by molar-refractivity contribution is 7.13. The normalized spacial score (nSPS) is 19.9. The Morgan fingerprint density at radius 1 is 1.47 bits per heavy atom. The van der Waals surface area contributed by atoms with Gasteiger partial charge in [0.25, 0.3) is 0 Å². The van der Waals surface area contributed by atoms with Crippen molar-refractivity contribution in [3.8, 4) is 10.7 Å². The van der Waals surface area contributed by atoms with Crippen molar-refractivity contribution in [1.82, 2.24) is 15.5 Å². The van der Waals surface area contributed by atoms with E-state index in [4.69, 9.17) is 9.26 Å². The molecule has 1 aliphatic rings. The molecule has 92 valence electrons. The third-order valence-electron chi connectivity index (χ3n) is 2.40. The zero-order valence-corrected chi connectivity index (χ0v) is 10.6. The molecule has 1 unspecified atom stereocenters. The Hall–Kier alpha value is -0.950. The molecule has 1 aliphatic heterocycles. The number of aromatic nitrogens is 2. The van der Waals surface area contributed by atoms with E-state index in [2.05, 4.69) is 15.5 Å². The van der Waals surface area contributed by atoms with Gasteiger partial charge in [-0.05, 0) is 11.4 Å². The van der Waals surface area contributed by atoms with Crippen LogP contribution in [0, 0.1) is 0 Å². The van der Waals surface area contributed by atoms with Crippen molar-refractivity contribution in [2.24, 2.45) is 0 Å². The number of nitrogens with zero attached hydrogens (tertiary/aromatic N) is 2. The number of rotatable bonds is 2. The summed E-state index contributed by atoms with van der Waals surface area (Å²) in [6.07, 6.45) is 0. The van der Waals surface area contributed by atoms with Crippen LogP contribution in [0.15, 0.2) is 22.0 Å². The molecule has 2 aromatic heterocycles. The van der Waals surface area contributed by atoms with E-state index in [1.807, 2.05) is 17.5 Å². The second-order valence-electron chi connectivity index (χ2n) is 3.52. The quantitative estimate of drug-likeness (QED) is 0.905. The molecule has 3 rings (SSSR count). The molecule has 0 bridgehead atoms. The summed E-state index contributed by atoms with van der Waals surface area (Å²) in [4.78, 5) is 5.39. The number of nitrogens with one attached hydrogen (secondary N) is 1. The highest BCUT2D eigenvalue weighted by atomic mass is 35.5. The summed E-state index contributed by atoms with van der Waals surface area (Å²) in [6.45, 7) is 2.15. The molecule has 0 spiro atoms. The highest BCUT2D eigenvalue weighted by Gasteiger charge is 2.22. The Labute approximate surface area is 109 Å². The SMILES string of the molecule is Cl.c1csc(-c2noc(C3COCCN3)n2)c1. The first kappa shape index (κ1) is 12.5. The van der Waals surface area contributed by atoms with Gasteiger partial charge in [0.2, 0.25) is 11.7 Å². The van der Waals surface area contributed by atoms with Crippen LogP contribution in [-0.4, -0.2) is 29.9 Å². The minimum atomic E-state index is 0. The van der Waals surface area contributed by atoms with Gasteiger partial charge in [0.15, 0.2) is 0 Å². The molecular weight excluding hydrogens is 262 g/mol. The zero-order valence-electron chi connectivity index (χ0n) is 8.96. The van der Waals surface area contributed by atoms with Crippen molar-refractivity contribution in [2.45, 2.75) is 6.04 Å². The first-order valence-corrected chi connectivity index (χ1v) is 6.00. The fourth-order valence-electron chi connectivity index (χ4n) is 1.61. The third kappa shape index (κ3) is 2.66. The Balaban J connectivity index is 0.00000108. The van der Waals surface area contributed by atoms with Crippen molar-refractivity contribution in [1.29, 1.82) is 0 Å². The van der Waals surface area contributed by atoms with E-state index in [-0.39, 0.29) is 18.4 Å². The van der Waals surface area contributed by atoms with Crippen molar-refractivity contribution in [3.05, 3.63) is 23.4 Å². The monoisotopic (exact) mass is 273 g/mol. The topological polar surface area (TPSA) is 60.2 Å². The molecule has 1 saturated heterocycles. The molecule has 1 N–H and O–H groups in total. The van der Waals surface area contributed by atoms with Gasteiger partial charge in [-0.1, -0.05) is 11.2 Å². The van der Waals surface area contributed by atoms with Crippen molar-refractivity contribution in [3.63, 3.8) is 0 Å². The molecule has 17 heavy (non-hydrogen) atoms. The predicted molar refractivity (Wildman–Crippen MR) is 66.4 cm³/mol. The molecule has 0 saturated carbocycles. The van der Waals surface area contributed by atoms with E-state index in [1.54, 1.807) is 11.3 Å². The Morgan fingerprint density at radius 3 is 3.12 bits per heavy atom. The smallest absolute Gasteiger partial charge is 0.246 e. The summed E-state index contributed by atoms with van der Waals surface area (Å²) in [5.41, 5.74) is 0. The van der Waals surface area contributed by atoms with Gasteiger partial charge in [-0.2, -0.15) is 4.98 Å². The van der Waals surface area contributed by atoms with Crippen molar-refractivity contribution >= 4 is 23.7 Å². The first-order valence-electron chi connectivity index (χ1n) is 5.12. The largest absolute Gasteiger partial charge is 0.378 e. The Morgan fingerprint density at radius 2 is 2.41 bits per heavy atom. The number of ether oxygens (including phenoxy) is 1. The van der Waals surface area contributed by atoms with E-state index in [9.17, 15) is 0 Å². The lowest BCUT2D eigenvalue weighted by Crippen LogP contribution is -2.34. The Bertz CT molecular complexity index is 454. The number of thiophene rings is 1. The fraction of sp³-hybridized carbons (Fsp3) is 0.400. The molecule has 0 amide bonds. The van der Waals surface area contributed by atoms with Gasteiger partial charge < -0.3 is 14.6 Å². The van der Waals surface area contributed by atoms with Gasteiger partial charge in [-0.3, -0.25) is 0 Å². The van der Waals surface area contributed by atoms with Gasteiger partial charge in [0.1, 0.15) is 6.04 Å². The maximum absolute atomic E-state index is 5.35. The summed E-state index contributed by atoms with van der Waals surface area (Å²) >= 11 is 1.60. The second kappa shape index (κ2) is 5.59. The molecule has 2 aromatic rings. The maximum Gasteiger partial charge on any atom is 0.246 e. The maximum atomic E-state index is 5.35. The predicted octanol–water partition coefficient (Wildman–Crippen LogP) is 1.88. The highest BCUT2D eigenvalue weighted by Crippen LogP contribution is 2.23. The van der Waals surface area contributed by atoms with Crippen LogP contribution in [0.1, 0.15) is 11.9 Å². The van der Waals surface area contributed by atoms with Gasteiger partial charge in [-0.15, -0.1) is 23.7 Å². The molecule has 1 fully saturated rings. The van der Waals surface area contributed by atoms with Crippen LogP contribution in [0.2, 0.25) is 0 Å². The molecular formula is C10H12ClN3O2S. The van der Waals surface area contributed by atoms with E-state index < -0.39 is 0 Å². The van der Waals surface area contributed by atoms with Crippen LogP contribution >= 0.6 is 23.7 Å². The molecule has 7 heteroatoms. The van der Waals surface area contributed by atoms with Crippen LogP contribution < -0.4 is 5.32 Å². The summed E-state index contributed by atoms with van der Waals surface area (Å²) in [7, 11) is 0. The van der Waals surface area contributed by atoms with Gasteiger partial charge in [0, 0.05) is 6.54 Å². The fourth-order valence-corrected chi connectivity index (χ4v) is 2.26. The number of hydrogen-bond acceptors (Lipinski definition) is 6. The number of morpholine rings is 1. The van der Waals surface area contributed by atoms with Crippen molar-refractivity contribution in [2.75, 3.05) is 19.8 Å². The lowest BCUT2D eigenvalue weighted by Gasteiger charge is -2.20. The summed E-state index contributed by atoms with van der Waals surface area (Å²) in [5, 5.41) is 9.23. The average Bonchev–Trinajstić information content (AvgIpc) is 3.01. The number of hydrogen-bond donors (Lipinski definition) is 1. The van der Waals surface area contributed by atoms with E-state index in [0.29, 0.717) is 18.3 Å². The van der Waals surface area contributed by atoms with Gasteiger partial charge in [0.05, 0.1) is 18.1 Å². The van der Waals surface area contributed by atoms with Gasteiger partial charge >= 0.3 is 0 Å². The number of halogens is 1. The molecule has 5 nitrogen and oxygen atoms in total. The minimum Gasteiger partial charge on any atom is -0.378 e. The Kier molecular flexibility index (Phi) is 4.11. The van der Waals surface area contributed by atoms with Crippen molar-refractivity contribution < 1.29 is 9.26 Å². The van der Waals surface area contributed by atoms with E-state index in [1.165, 1.54) is 0 Å². The van der Waals surface area contributed by atoms with Crippen LogP contribution in [0.3, 0.4) is 0 Å². The molecule has 0 aliphatic carbocycles. The average molecular weight is 274 g/mol. The summed E-state index contributed by atoms with van der Waals surface area (Å²) in [5.74, 6) is 1.25. The van der Waals surface area contributed by atoms with Crippen LogP contribution in [0.5, 0.6) is 0 Å². The molecule has 3 heterocycles.